The highest BCUT2D eigenvalue weighted by molar-refractivity contribution is 6.00. The summed E-state index contributed by atoms with van der Waals surface area (Å²) in [6.07, 6.45) is 8.12. The van der Waals surface area contributed by atoms with Crippen LogP contribution in [0.3, 0.4) is 0 Å². The molecule has 108 valence electrons. The Labute approximate surface area is 120 Å². The van der Waals surface area contributed by atoms with Gasteiger partial charge in [-0.05, 0) is 25.7 Å². The summed E-state index contributed by atoms with van der Waals surface area (Å²) in [6.45, 7) is 4.97. The van der Waals surface area contributed by atoms with E-state index < -0.39 is 0 Å². The molecule has 0 saturated carbocycles. The Balaban J connectivity index is 1.83. The van der Waals surface area contributed by atoms with Crippen LogP contribution in [-0.4, -0.2) is 35.5 Å². The third kappa shape index (κ3) is 2.49. The van der Waals surface area contributed by atoms with E-state index in [-0.39, 0.29) is 5.91 Å². The number of anilines is 2. The number of nitrogens with zero attached hydrogens (tertiary/aromatic N) is 4. The fraction of sp³-hybridized carbons (Fsp3) is 0.667. The van der Waals surface area contributed by atoms with E-state index in [0.717, 1.165) is 49.8 Å². The molecule has 1 saturated heterocycles. The predicted octanol–water partition coefficient (Wildman–Crippen LogP) is 2.16. The van der Waals surface area contributed by atoms with Crippen molar-refractivity contribution in [1.82, 2.24) is 9.97 Å². The summed E-state index contributed by atoms with van der Waals surface area (Å²) in [5.74, 6) is 1.80. The Morgan fingerprint density at radius 3 is 2.80 bits per heavy atom. The zero-order valence-electron chi connectivity index (χ0n) is 12.1. The van der Waals surface area contributed by atoms with Crippen LogP contribution in [0.25, 0.3) is 0 Å². The molecule has 2 aliphatic rings. The fourth-order valence-corrected chi connectivity index (χ4v) is 2.92. The first-order chi connectivity index (χ1) is 9.79. The van der Waals surface area contributed by atoms with E-state index in [2.05, 4.69) is 21.8 Å². The minimum absolute atomic E-state index is 0.165. The number of rotatable bonds is 4. The number of hydrogen-bond acceptors (Lipinski definition) is 4. The number of carbonyl (C=O) groups is 1. The molecule has 0 aliphatic carbocycles. The molecule has 5 heteroatoms. The van der Waals surface area contributed by atoms with Crippen molar-refractivity contribution in [3.8, 4) is 0 Å². The largest absolute Gasteiger partial charge is 0.341 e. The Morgan fingerprint density at radius 2 is 2.05 bits per heavy atom. The second-order valence-electron chi connectivity index (χ2n) is 5.64. The predicted molar refractivity (Wildman–Crippen MR) is 79.1 cm³/mol. The Bertz CT molecular complexity index is 497. The van der Waals surface area contributed by atoms with Gasteiger partial charge in [-0.25, -0.2) is 4.98 Å². The average Bonchev–Trinajstić information content (AvgIpc) is 2.80. The third-order valence-electron chi connectivity index (χ3n) is 4.10. The van der Waals surface area contributed by atoms with Crippen molar-refractivity contribution < 1.29 is 4.79 Å². The summed E-state index contributed by atoms with van der Waals surface area (Å²) in [7, 11) is 0. The molecule has 5 nitrogen and oxygen atoms in total. The summed E-state index contributed by atoms with van der Waals surface area (Å²) in [5.41, 5.74) is 0.979. The Hall–Kier alpha value is -1.65. The van der Waals surface area contributed by atoms with Gasteiger partial charge < -0.3 is 4.90 Å². The second-order valence-corrected chi connectivity index (χ2v) is 5.64. The highest BCUT2D eigenvalue weighted by Crippen LogP contribution is 2.28. The van der Waals surface area contributed by atoms with Crippen LogP contribution in [0.1, 0.15) is 44.6 Å². The highest BCUT2D eigenvalue weighted by atomic mass is 16.2. The van der Waals surface area contributed by atoms with Crippen LogP contribution in [-0.2, 0) is 11.2 Å². The highest BCUT2D eigenvalue weighted by Gasteiger charge is 2.29. The van der Waals surface area contributed by atoms with Gasteiger partial charge in [-0.2, -0.15) is 4.98 Å². The maximum Gasteiger partial charge on any atom is 0.232 e. The molecule has 2 aliphatic heterocycles. The minimum Gasteiger partial charge on any atom is -0.341 e. The third-order valence-corrected chi connectivity index (χ3v) is 4.10. The van der Waals surface area contributed by atoms with E-state index in [1.807, 2.05) is 11.1 Å². The lowest BCUT2D eigenvalue weighted by molar-refractivity contribution is -0.117. The SMILES string of the molecule is CCCCN1C(=O)Cc2cnc(N3CCCCC3)nc21. The average molecular weight is 274 g/mol. The lowest BCUT2D eigenvalue weighted by Crippen LogP contribution is -2.32. The Kier molecular flexibility index (Phi) is 3.85. The molecule has 0 aromatic carbocycles. The van der Waals surface area contributed by atoms with Gasteiger partial charge in [0.15, 0.2) is 0 Å². The number of hydrogen-bond donors (Lipinski definition) is 0. The van der Waals surface area contributed by atoms with Crippen molar-refractivity contribution in [2.24, 2.45) is 0 Å². The molecule has 1 aromatic rings. The molecule has 1 aromatic heterocycles. The lowest BCUT2D eigenvalue weighted by atomic mass is 10.1. The maximum atomic E-state index is 12.1. The maximum absolute atomic E-state index is 12.1. The van der Waals surface area contributed by atoms with E-state index in [1.165, 1.54) is 19.3 Å². The van der Waals surface area contributed by atoms with E-state index in [1.54, 1.807) is 0 Å². The molecule has 0 unspecified atom stereocenters. The van der Waals surface area contributed by atoms with Crippen LogP contribution in [0.2, 0.25) is 0 Å². The van der Waals surface area contributed by atoms with Gasteiger partial charge in [0.25, 0.3) is 0 Å². The van der Waals surface area contributed by atoms with Crippen LogP contribution >= 0.6 is 0 Å². The molecular weight excluding hydrogens is 252 g/mol. The monoisotopic (exact) mass is 274 g/mol. The summed E-state index contributed by atoms with van der Waals surface area (Å²) in [5, 5.41) is 0. The van der Waals surface area contributed by atoms with E-state index in [4.69, 9.17) is 0 Å². The minimum atomic E-state index is 0.165. The first-order valence-corrected chi connectivity index (χ1v) is 7.71. The molecule has 1 fully saturated rings. The molecule has 0 atom stereocenters. The standard InChI is InChI=1S/C15H22N4O/c1-2-3-9-19-13(20)10-12-11-16-15(17-14(12)19)18-7-5-4-6-8-18/h11H,2-10H2,1H3. The fourth-order valence-electron chi connectivity index (χ4n) is 2.92. The summed E-state index contributed by atoms with van der Waals surface area (Å²) < 4.78 is 0. The van der Waals surface area contributed by atoms with Crippen molar-refractivity contribution in [2.45, 2.75) is 45.4 Å². The molecule has 0 bridgehead atoms. The van der Waals surface area contributed by atoms with Crippen LogP contribution < -0.4 is 9.80 Å². The topological polar surface area (TPSA) is 49.3 Å². The van der Waals surface area contributed by atoms with Gasteiger partial charge in [-0.1, -0.05) is 13.3 Å². The van der Waals surface area contributed by atoms with Crippen LogP contribution in [0.15, 0.2) is 6.20 Å². The molecule has 0 spiro atoms. The normalized spacial score (nSPS) is 18.6. The van der Waals surface area contributed by atoms with Gasteiger partial charge in [-0.3, -0.25) is 9.69 Å². The Morgan fingerprint density at radius 1 is 1.25 bits per heavy atom. The molecular formula is C15H22N4O. The van der Waals surface area contributed by atoms with E-state index in [0.29, 0.717) is 6.42 Å². The second kappa shape index (κ2) is 5.77. The van der Waals surface area contributed by atoms with Gasteiger partial charge in [-0.15, -0.1) is 0 Å². The van der Waals surface area contributed by atoms with Gasteiger partial charge in [0.1, 0.15) is 5.82 Å². The first kappa shape index (κ1) is 13.3. The summed E-state index contributed by atoms with van der Waals surface area (Å²) >= 11 is 0. The molecule has 20 heavy (non-hydrogen) atoms. The summed E-state index contributed by atoms with van der Waals surface area (Å²) in [4.78, 5) is 25.3. The number of fused-ring (bicyclic) bond motifs is 1. The van der Waals surface area contributed by atoms with Crippen molar-refractivity contribution in [1.29, 1.82) is 0 Å². The van der Waals surface area contributed by atoms with Crippen molar-refractivity contribution in [2.75, 3.05) is 29.4 Å². The van der Waals surface area contributed by atoms with Crippen LogP contribution in [0, 0.1) is 0 Å². The van der Waals surface area contributed by atoms with Crippen LogP contribution in [0.5, 0.6) is 0 Å². The van der Waals surface area contributed by atoms with Crippen molar-refractivity contribution in [3.63, 3.8) is 0 Å². The number of unbranched alkanes of at least 4 members (excludes halogenated alkanes) is 1. The number of piperidine rings is 1. The molecule has 3 rings (SSSR count). The van der Waals surface area contributed by atoms with Gasteiger partial charge >= 0.3 is 0 Å². The summed E-state index contributed by atoms with van der Waals surface area (Å²) in [6, 6.07) is 0. The van der Waals surface area contributed by atoms with Crippen molar-refractivity contribution in [3.05, 3.63) is 11.8 Å². The number of aromatic nitrogens is 2. The zero-order valence-corrected chi connectivity index (χ0v) is 12.1. The van der Waals surface area contributed by atoms with Gasteiger partial charge in [0.2, 0.25) is 11.9 Å². The van der Waals surface area contributed by atoms with E-state index in [9.17, 15) is 4.79 Å². The molecule has 3 heterocycles. The zero-order chi connectivity index (χ0) is 13.9. The van der Waals surface area contributed by atoms with Crippen molar-refractivity contribution >= 4 is 17.7 Å². The lowest BCUT2D eigenvalue weighted by Gasteiger charge is -2.27. The molecule has 0 N–H and O–H groups in total. The smallest absolute Gasteiger partial charge is 0.232 e. The number of amides is 1. The molecule has 0 radical (unpaired) electrons. The van der Waals surface area contributed by atoms with Gasteiger partial charge in [0, 0.05) is 31.4 Å². The van der Waals surface area contributed by atoms with E-state index >= 15 is 0 Å². The number of carbonyl (C=O) groups excluding carboxylic acids is 1. The van der Waals surface area contributed by atoms with Gasteiger partial charge in [0.05, 0.1) is 6.42 Å². The van der Waals surface area contributed by atoms with Crippen LogP contribution in [0.4, 0.5) is 11.8 Å². The first-order valence-electron chi connectivity index (χ1n) is 7.71. The quantitative estimate of drug-likeness (QED) is 0.844. The molecule has 1 amide bonds.